The molecule has 1 aliphatic heterocycles. The van der Waals surface area contributed by atoms with Crippen molar-refractivity contribution in [3.05, 3.63) is 0 Å². The molecule has 0 aliphatic carbocycles. The van der Waals surface area contributed by atoms with Crippen molar-refractivity contribution < 1.29 is 27.9 Å². The molecule has 0 N–H and O–H groups in total. The summed E-state index contributed by atoms with van der Waals surface area (Å²) >= 11 is 0. The van der Waals surface area contributed by atoms with Crippen LogP contribution in [0.3, 0.4) is 0 Å². The molecule has 0 aromatic rings. The van der Waals surface area contributed by atoms with Crippen LogP contribution in [-0.4, -0.2) is 116 Å². The lowest BCUT2D eigenvalue weighted by molar-refractivity contribution is -0.891. The van der Waals surface area contributed by atoms with E-state index in [4.69, 9.17) is 18.9 Å². The summed E-state index contributed by atoms with van der Waals surface area (Å²) in [6.07, 6.45) is 0. The number of rotatable bonds is 0. The first-order valence-corrected chi connectivity index (χ1v) is 8.36. The molecule has 22 heavy (non-hydrogen) atoms. The zero-order chi connectivity index (χ0) is 16.3. The molecule has 0 saturated carbocycles. The third kappa shape index (κ3) is 10.5. The smallest absolute Gasteiger partial charge is 0.102 e. The van der Waals surface area contributed by atoms with E-state index >= 15 is 0 Å². The first kappa shape index (κ1) is 19.8. The second-order valence-corrected chi connectivity index (χ2v) is 7.22. The number of likely N-dealkylation sites (N-methyl/N-ethyl adjacent to an activating group) is 2. The Morgan fingerprint density at radius 3 is 0.864 bits per heavy atom. The van der Waals surface area contributed by atoms with Crippen LogP contribution in [0.25, 0.3) is 0 Å². The zero-order valence-electron chi connectivity index (χ0n) is 15.0. The van der Waals surface area contributed by atoms with Gasteiger partial charge in [0.2, 0.25) is 0 Å². The molecule has 1 heterocycles. The molecular weight excluding hydrogens is 284 g/mol. The van der Waals surface area contributed by atoms with E-state index in [0.717, 1.165) is 61.6 Å². The maximum absolute atomic E-state index is 5.66. The molecular formula is C16H36N2O4+2. The van der Waals surface area contributed by atoms with E-state index in [-0.39, 0.29) is 0 Å². The molecule has 0 amide bonds. The van der Waals surface area contributed by atoms with Gasteiger partial charge in [0.1, 0.15) is 26.2 Å². The van der Waals surface area contributed by atoms with Gasteiger partial charge in [0.25, 0.3) is 0 Å². The van der Waals surface area contributed by atoms with Crippen LogP contribution in [0.4, 0.5) is 0 Å². The van der Waals surface area contributed by atoms with Crippen LogP contribution in [0.5, 0.6) is 0 Å². The molecule has 132 valence electrons. The molecule has 0 unspecified atom stereocenters. The van der Waals surface area contributed by atoms with Crippen molar-refractivity contribution in [1.82, 2.24) is 0 Å². The Hall–Kier alpha value is -0.240. The normalized spacial score (nSPS) is 26.7. The highest BCUT2D eigenvalue weighted by atomic mass is 16.5. The summed E-state index contributed by atoms with van der Waals surface area (Å²) in [6, 6.07) is 0. The SMILES string of the molecule is C[N+]1(C)CCOCCOCC[N+](C)(C)CCOCCOCC1. The Labute approximate surface area is 136 Å². The van der Waals surface area contributed by atoms with Crippen LogP contribution in [0.2, 0.25) is 0 Å². The fraction of sp³-hybridized carbons (Fsp3) is 1.00. The van der Waals surface area contributed by atoms with Crippen LogP contribution >= 0.6 is 0 Å². The Balaban J connectivity index is 2.31. The molecule has 0 bridgehead atoms. The van der Waals surface area contributed by atoms with Gasteiger partial charge in [0.15, 0.2) is 0 Å². The number of hydrogen-bond acceptors (Lipinski definition) is 4. The van der Waals surface area contributed by atoms with Gasteiger partial charge in [-0.3, -0.25) is 0 Å². The molecule has 1 rings (SSSR count). The summed E-state index contributed by atoms with van der Waals surface area (Å²) in [5, 5.41) is 0. The summed E-state index contributed by atoms with van der Waals surface area (Å²) in [5.41, 5.74) is 0. The zero-order valence-corrected chi connectivity index (χ0v) is 15.0. The van der Waals surface area contributed by atoms with Crippen molar-refractivity contribution in [1.29, 1.82) is 0 Å². The first-order chi connectivity index (χ1) is 10.4. The lowest BCUT2D eigenvalue weighted by Crippen LogP contribution is -2.45. The molecule has 0 aromatic carbocycles. The fourth-order valence-corrected chi connectivity index (χ4v) is 2.11. The highest BCUT2D eigenvalue weighted by Crippen LogP contribution is 1.99. The monoisotopic (exact) mass is 320 g/mol. The van der Waals surface area contributed by atoms with E-state index in [1.54, 1.807) is 0 Å². The Bertz CT molecular complexity index is 233. The molecule has 0 aromatic heterocycles. The lowest BCUT2D eigenvalue weighted by atomic mass is 10.4. The third-order valence-electron chi connectivity index (χ3n) is 4.11. The number of hydrogen-bond donors (Lipinski definition) is 0. The quantitative estimate of drug-likeness (QED) is 0.599. The van der Waals surface area contributed by atoms with Gasteiger partial charge in [-0.1, -0.05) is 0 Å². The van der Waals surface area contributed by atoms with Crippen molar-refractivity contribution in [3.8, 4) is 0 Å². The van der Waals surface area contributed by atoms with Crippen molar-refractivity contribution in [2.75, 3.05) is 107 Å². The van der Waals surface area contributed by atoms with Gasteiger partial charge >= 0.3 is 0 Å². The average molecular weight is 320 g/mol. The van der Waals surface area contributed by atoms with Crippen molar-refractivity contribution in [2.45, 2.75) is 0 Å². The van der Waals surface area contributed by atoms with Crippen LogP contribution < -0.4 is 0 Å². The minimum Gasteiger partial charge on any atom is -0.373 e. The van der Waals surface area contributed by atoms with Crippen LogP contribution in [-0.2, 0) is 18.9 Å². The minimum atomic E-state index is 0.674. The molecule has 0 spiro atoms. The predicted molar refractivity (Wildman–Crippen MR) is 87.0 cm³/mol. The molecule has 6 heteroatoms. The minimum absolute atomic E-state index is 0.674. The summed E-state index contributed by atoms with van der Waals surface area (Å²) in [7, 11) is 8.83. The summed E-state index contributed by atoms with van der Waals surface area (Å²) in [4.78, 5) is 0. The van der Waals surface area contributed by atoms with Crippen LogP contribution in [0, 0.1) is 0 Å². The fourth-order valence-electron chi connectivity index (χ4n) is 2.11. The number of nitrogens with zero attached hydrogens (tertiary/aromatic N) is 2. The van der Waals surface area contributed by atoms with Gasteiger partial charge in [0, 0.05) is 0 Å². The second-order valence-electron chi connectivity index (χ2n) is 7.22. The third-order valence-corrected chi connectivity index (χ3v) is 4.11. The van der Waals surface area contributed by atoms with E-state index in [0.29, 0.717) is 26.4 Å². The highest BCUT2D eigenvalue weighted by Gasteiger charge is 2.16. The van der Waals surface area contributed by atoms with Crippen molar-refractivity contribution >= 4 is 0 Å². The summed E-state index contributed by atoms with van der Waals surface area (Å²) in [6.45, 7) is 9.71. The first-order valence-electron chi connectivity index (χ1n) is 8.36. The highest BCUT2D eigenvalue weighted by molar-refractivity contribution is 4.41. The Kier molecular flexibility index (Phi) is 9.47. The molecule has 1 fully saturated rings. The van der Waals surface area contributed by atoms with Gasteiger partial charge < -0.3 is 27.9 Å². The van der Waals surface area contributed by atoms with E-state index < -0.39 is 0 Å². The molecule has 1 saturated heterocycles. The summed E-state index contributed by atoms with van der Waals surface area (Å²) in [5.74, 6) is 0. The molecule has 0 radical (unpaired) electrons. The predicted octanol–water partition coefficient (Wildman–Crippen LogP) is 0.219. The van der Waals surface area contributed by atoms with Gasteiger partial charge in [-0.25, -0.2) is 0 Å². The topological polar surface area (TPSA) is 36.9 Å². The second kappa shape index (κ2) is 10.5. The van der Waals surface area contributed by atoms with Gasteiger partial charge in [-0.05, 0) is 0 Å². The Morgan fingerprint density at radius 1 is 0.409 bits per heavy atom. The van der Waals surface area contributed by atoms with E-state index in [1.165, 1.54) is 0 Å². The van der Waals surface area contributed by atoms with E-state index in [1.807, 2.05) is 0 Å². The van der Waals surface area contributed by atoms with Gasteiger partial charge in [-0.15, -0.1) is 0 Å². The van der Waals surface area contributed by atoms with Crippen molar-refractivity contribution in [3.63, 3.8) is 0 Å². The van der Waals surface area contributed by atoms with Crippen LogP contribution in [0.1, 0.15) is 0 Å². The maximum Gasteiger partial charge on any atom is 0.102 e. The van der Waals surface area contributed by atoms with Gasteiger partial charge in [0.05, 0.1) is 81.0 Å². The van der Waals surface area contributed by atoms with Crippen LogP contribution in [0.15, 0.2) is 0 Å². The lowest BCUT2D eigenvalue weighted by Gasteiger charge is -2.30. The van der Waals surface area contributed by atoms with E-state index in [2.05, 4.69) is 28.2 Å². The van der Waals surface area contributed by atoms with Crippen molar-refractivity contribution in [2.24, 2.45) is 0 Å². The average Bonchev–Trinajstić information content (AvgIpc) is 2.43. The standard InChI is InChI=1S/C16H36N2O4/c1-17(2)5-9-19-13-15-21-11-7-18(3,4)8-12-22-16-14-20-10-6-17/h5-16H2,1-4H3/q+2. The number of quaternary nitrogens is 2. The largest absolute Gasteiger partial charge is 0.373 e. The summed E-state index contributed by atoms with van der Waals surface area (Å²) < 4.78 is 24.5. The molecule has 1 aliphatic rings. The Morgan fingerprint density at radius 2 is 0.636 bits per heavy atom. The van der Waals surface area contributed by atoms with E-state index in [9.17, 15) is 0 Å². The van der Waals surface area contributed by atoms with Gasteiger partial charge in [-0.2, -0.15) is 0 Å². The maximum atomic E-state index is 5.66. The molecule has 0 atom stereocenters. The number of ether oxygens (including phenoxy) is 4. The molecule has 6 nitrogen and oxygen atoms in total.